The van der Waals surface area contributed by atoms with Crippen LogP contribution in [0.5, 0.6) is 0 Å². The third-order valence-electron chi connectivity index (χ3n) is 2.86. The highest BCUT2D eigenvalue weighted by molar-refractivity contribution is 7.99. The Morgan fingerprint density at radius 3 is 2.69 bits per heavy atom. The number of thioether (sulfide) groups is 1. The fraction of sp³-hybridized carbons (Fsp3) is 0.889. The third kappa shape index (κ3) is 2.52. The highest BCUT2D eigenvalue weighted by Gasteiger charge is 2.43. The SMILES string of the molecule is O=C(O)CC1CSCCN1S(=O)(=O)C1CC1. The molecule has 1 atom stereocenters. The summed E-state index contributed by atoms with van der Waals surface area (Å²) in [5.41, 5.74) is 0. The molecule has 5 nitrogen and oxygen atoms in total. The zero-order chi connectivity index (χ0) is 11.8. The summed E-state index contributed by atoms with van der Waals surface area (Å²) in [7, 11) is -3.23. The molecule has 2 rings (SSSR count). The lowest BCUT2D eigenvalue weighted by Gasteiger charge is -2.33. The molecule has 0 bridgehead atoms. The molecule has 1 heterocycles. The van der Waals surface area contributed by atoms with Crippen molar-refractivity contribution in [3.05, 3.63) is 0 Å². The van der Waals surface area contributed by atoms with Crippen molar-refractivity contribution in [1.29, 1.82) is 0 Å². The van der Waals surface area contributed by atoms with Crippen LogP contribution in [0.15, 0.2) is 0 Å². The maximum absolute atomic E-state index is 12.1. The van der Waals surface area contributed by atoms with Crippen LogP contribution in [0.1, 0.15) is 19.3 Å². The minimum absolute atomic E-state index is 0.0844. The molecule has 1 saturated heterocycles. The summed E-state index contributed by atoms with van der Waals surface area (Å²) in [6.07, 6.45) is 1.37. The first-order valence-electron chi connectivity index (χ1n) is 5.32. The molecule has 92 valence electrons. The van der Waals surface area contributed by atoms with E-state index in [2.05, 4.69) is 0 Å². The molecule has 0 amide bonds. The van der Waals surface area contributed by atoms with Gasteiger partial charge in [0.05, 0.1) is 11.7 Å². The minimum Gasteiger partial charge on any atom is -0.481 e. The van der Waals surface area contributed by atoms with Gasteiger partial charge in [-0.3, -0.25) is 4.79 Å². The molecule has 1 N–H and O–H groups in total. The summed E-state index contributed by atoms with van der Waals surface area (Å²) in [5, 5.41) is 8.53. The predicted octanol–water partition coefficient (Wildman–Crippen LogP) is 0.371. The second-order valence-corrected chi connectivity index (χ2v) is 7.50. The Bertz CT molecular complexity index is 377. The van der Waals surface area contributed by atoms with E-state index in [0.717, 1.165) is 18.6 Å². The predicted molar refractivity (Wildman–Crippen MR) is 62.0 cm³/mol. The fourth-order valence-electron chi connectivity index (χ4n) is 1.89. The maximum Gasteiger partial charge on any atom is 0.305 e. The van der Waals surface area contributed by atoms with Crippen LogP contribution in [0.4, 0.5) is 0 Å². The van der Waals surface area contributed by atoms with Gasteiger partial charge in [-0.25, -0.2) is 8.42 Å². The lowest BCUT2D eigenvalue weighted by Crippen LogP contribution is -2.48. The summed E-state index contributed by atoms with van der Waals surface area (Å²) in [4.78, 5) is 10.7. The van der Waals surface area contributed by atoms with E-state index >= 15 is 0 Å². The van der Waals surface area contributed by atoms with Crippen molar-refractivity contribution in [3.8, 4) is 0 Å². The molecule has 1 aliphatic heterocycles. The molecule has 2 aliphatic rings. The van der Waals surface area contributed by atoms with E-state index in [0.29, 0.717) is 12.3 Å². The van der Waals surface area contributed by atoms with Crippen molar-refractivity contribution in [2.75, 3.05) is 18.1 Å². The Kier molecular flexibility index (Phi) is 3.46. The van der Waals surface area contributed by atoms with Crippen LogP contribution in [0, 0.1) is 0 Å². The number of hydrogen-bond donors (Lipinski definition) is 1. The third-order valence-corrected chi connectivity index (χ3v) is 6.40. The van der Waals surface area contributed by atoms with Crippen LogP contribution in [0.2, 0.25) is 0 Å². The lowest BCUT2D eigenvalue weighted by atomic mass is 10.2. The van der Waals surface area contributed by atoms with Crippen molar-refractivity contribution in [2.24, 2.45) is 0 Å². The molecule has 0 aromatic carbocycles. The van der Waals surface area contributed by atoms with Gasteiger partial charge < -0.3 is 5.11 Å². The fourth-order valence-corrected chi connectivity index (χ4v) is 5.19. The Morgan fingerprint density at radius 1 is 1.44 bits per heavy atom. The molecule has 0 spiro atoms. The highest BCUT2D eigenvalue weighted by Crippen LogP contribution is 2.34. The van der Waals surface area contributed by atoms with Gasteiger partial charge >= 0.3 is 5.97 Å². The Hall–Kier alpha value is -0.270. The number of hydrogen-bond acceptors (Lipinski definition) is 4. The quantitative estimate of drug-likeness (QED) is 0.795. The minimum atomic E-state index is -3.23. The largest absolute Gasteiger partial charge is 0.481 e. The van der Waals surface area contributed by atoms with Crippen molar-refractivity contribution in [1.82, 2.24) is 4.31 Å². The molecule has 7 heteroatoms. The lowest BCUT2D eigenvalue weighted by molar-refractivity contribution is -0.137. The van der Waals surface area contributed by atoms with Crippen LogP contribution >= 0.6 is 11.8 Å². The Balaban J connectivity index is 2.12. The van der Waals surface area contributed by atoms with Gasteiger partial charge in [-0.05, 0) is 12.8 Å². The molecule has 1 unspecified atom stereocenters. The van der Waals surface area contributed by atoms with E-state index in [-0.39, 0.29) is 17.7 Å². The average Bonchev–Trinajstić information content (AvgIpc) is 3.00. The van der Waals surface area contributed by atoms with E-state index < -0.39 is 16.0 Å². The van der Waals surface area contributed by atoms with Gasteiger partial charge in [0.1, 0.15) is 0 Å². The second-order valence-electron chi connectivity index (χ2n) is 4.18. The first kappa shape index (κ1) is 12.2. The van der Waals surface area contributed by atoms with E-state index in [1.165, 1.54) is 4.31 Å². The first-order chi connectivity index (χ1) is 7.51. The summed E-state index contributed by atoms with van der Waals surface area (Å²) in [5.74, 6) is 0.434. The summed E-state index contributed by atoms with van der Waals surface area (Å²) in [6.45, 7) is 0.460. The zero-order valence-corrected chi connectivity index (χ0v) is 10.5. The average molecular weight is 265 g/mol. The molecule has 1 aliphatic carbocycles. The molecule has 0 radical (unpaired) electrons. The topological polar surface area (TPSA) is 74.7 Å². The Labute approximate surface area is 99.2 Å². The van der Waals surface area contributed by atoms with Gasteiger partial charge in [0, 0.05) is 24.1 Å². The Morgan fingerprint density at radius 2 is 2.12 bits per heavy atom. The van der Waals surface area contributed by atoms with E-state index in [9.17, 15) is 13.2 Å². The van der Waals surface area contributed by atoms with Crippen LogP contribution in [-0.4, -0.2) is 53.1 Å². The number of carboxylic acid groups (broad SMARTS) is 1. The summed E-state index contributed by atoms with van der Waals surface area (Å²) < 4.78 is 25.6. The molecular formula is C9H15NO4S2. The number of sulfonamides is 1. The number of carboxylic acids is 1. The van der Waals surface area contributed by atoms with Gasteiger partial charge in [0.2, 0.25) is 10.0 Å². The molecule has 0 aromatic rings. The standard InChI is InChI=1S/C9H15NO4S2/c11-9(12)5-7-6-15-4-3-10(7)16(13,14)8-1-2-8/h7-8H,1-6H2,(H,11,12). The molecular weight excluding hydrogens is 250 g/mol. The van der Waals surface area contributed by atoms with Crippen molar-refractivity contribution >= 4 is 27.8 Å². The summed E-state index contributed by atoms with van der Waals surface area (Å²) in [6, 6.07) is -0.359. The van der Waals surface area contributed by atoms with Crippen LogP contribution in [0.25, 0.3) is 0 Å². The number of rotatable bonds is 4. The maximum atomic E-state index is 12.1. The van der Waals surface area contributed by atoms with E-state index in [1.807, 2.05) is 0 Å². The van der Waals surface area contributed by atoms with Gasteiger partial charge in [-0.15, -0.1) is 0 Å². The van der Waals surface area contributed by atoms with Gasteiger partial charge in [-0.2, -0.15) is 16.1 Å². The van der Waals surface area contributed by atoms with Crippen molar-refractivity contribution in [2.45, 2.75) is 30.6 Å². The monoisotopic (exact) mass is 265 g/mol. The van der Waals surface area contributed by atoms with Gasteiger partial charge in [0.15, 0.2) is 0 Å². The summed E-state index contributed by atoms with van der Waals surface area (Å²) >= 11 is 1.63. The molecule has 16 heavy (non-hydrogen) atoms. The molecule has 0 aromatic heterocycles. The smallest absolute Gasteiger partial charge is 0.305 e. The number of aliphatic carboxylic acids is 1. The zero-order valence-electron chi connectivity index (χ0n) is 8.83. The molecule has 1 saturated carbocycles. The van der Waals surface area contributed by atoms with Gasteiger partial charge in [0.25, 0.3) is 0 Å². The van der Waals surface area contributed by atoms with Crippen molar-refractivity contribution < 1.29 is 18.3 Å². The van der Waals surface area contributed by atoms with E-state index in [1.54, 1.807) is 11.8 Å². The number of carbonyl (C=O) groups is 1. The van der Waals surface area contributed by atoms with Crippen molar-refractivity contribution in [3.63, 3.8) is 0 Å². The van der Waals surface area contributed by atoms with Crippen LogP contribution in [-0.2, 0) is 14.8 Å². The van der Waals surface area contributed by atoms with Gasteiger partial charge in [-0.1, -0.05) is 0 Å². The first-order valence-corrected chi connectivity index (χ1v) is 7.98. The van der Waals surface area contributed by atoms with Crippen LogP contribution < -0.4 is 0 Å². The van der Waals surface area contributed by atoms with Crippen LogP contribution in [0.3, 0.4) is 0 Å². The second kappa shape index (κ2) is 4.54. The van der Waals surface area contributed by atoms with E-state index in [4.69, 9.17) is 5.11 Å². The normalized spacial score (nSPS) is 27.9. The highest BCUT2D eigenvalue weighted by atomic mass is 32.2. The number of nitrogens with zero attached hydrogens (tertiary/aromatic N) is 1. The molecule has 2 fully saturated rings.